The number of pyridine rings is 1. The van der Waals surface area contributed by atoms with E-state index in [0.29, 0.717) is 16.2 Å². The number of phenols is 1. The number of nitrogens with one attached hydrogen (secondary N) is 1. The highest BCUT2D eigenvalue weighted by Gasteiger charge is 2.11. The van der Waals surface area contributed by atoms with Crippen LogP contribution in [-0.2, 0) is 0 Å². The number of aliphatic imine (C=N–C) groups is 1. The van der Waals surface area contributed by atoms with Crippen molar-refractivity contribution in [1.29, 1.82) is 0 Å². The van der Waals surface area contributed by atoms with Crippen molar-refractivity contribution < 1.29 is 13.9 Å². The number of aromatic hydroxyl groups is 1. The first kappa shape index (κ1) is 22.9. The lowest BCUT2D eigenvalue weighted by Crippen LogP contribution is -2.08. The fourth-order valence-electron chi connectivity index (χ4n) is 3.12. The Morgan fingerprint density at radius 2 is 1.85 bits per heavy atom. The van der Waals surface area contributed by atoms with Crippen LogP contribution in [0, 0.1) is 15.2 Å². The Labute approximate surface area is 206 Å². The van der Waals surface area contributed by atoms with Crippen LogP contribution in [0.5, 0.6) is 5.75 Å². The third-order valence-electron chi connectivity index (χ3n) is 4.61. The van der Waals surface area contributed by atoms with Gasteiger partial charge in [-0.1, -0.05) is 17.7 Å². The van der Waals surface area contributed by atoms with E-state index in [1.165, 1.54) is 6.21 Å². The molecule has 166 valence electrons. The fourth-order valence-corrected chi connectivity index (χ4v) is 4.21. The molecule has 0 unspecified atom stereocenters. The molecule has 0 spiro atoms. The molecule has 0 aliphatic rings. The molecule has 0 radical (unpaired) electrons. The normalized spacial score (nSPS) is 11.9. The van der Waals surface area contributed by atoms with E-state index in [1.807, 2.05) is 42.5 Å². The van der Waals surface area contributed by atoms with Gasteiger partial charge >= 0.3 is 0 Å². The van der Waals surface area contributed by atoms with Crippen LogP contribution < -0.4 is 11.2 Å². The molecule has 4 rings (SSSR count). The highest BCUT2D eigenvalue weighted by atomic mass is 127. The first-order chi connectivity index (χ1) is 15.8. The third kappa shape index (κ3) is 5.20. The molecule has 0 aliphatic heterocycles. The van der Waals surface area contributed by atoms with E-state index in [4.69, 9.17) is 17.4 Å². The summed E-state index contributed by atoms with van der Waals surface area (Å²) in [5.74, 6) is 2.20. The molecular formula is C23H15ClF2IN5O. The monoisotopic (exact) mass is 577 g/mol. The van der Waals surface area contributed by atoms with Crippen molar-refractivity contribution in [2.45, 2.75) is 0 Å². The van der Waals surface area contributed by atoms with Gasteiger partial charge in [0.1, 0.15) is 5.71 Å². The van der Waals surface area contributed by atoms with Crippen molar-refractivity contribution in [3.05, 3.63) is 86.6 Å². The van der Waals surface area contributed by atoms with Gasteiger partial charge in [-0.3, -0.25) is 4.99 Å². The number of fused-ring (bicyclic) bond motifs is 1. The van der Waals surface area contributed by atoms with Crippen LogP contribution in [0.4, 0.5) is 25.8 Å². The van der Waals surface area contributed by atoms with E-state index in [9.17, 15) is 13.9 Å². The summed E-state index contributed by atoms with van der Waals surface area (Å²) in [6.45, 7) is 0. The predicted octanol–water partition coefficient (Wildman–Crippen LogP) is 6.29. The Morgan fingerprint density at radius 1 is 1.09 bits per heavy atom. The Morgan fingerprint density at radius 3 is 2.55 bits per heavy atom. The maximum absolute atomic E-state index is 13.5. The minimum absolute atomic E-state index is 0.0487. The van der Waals surface area contributed by atoms with E-state index in [-0.39, 0.29) is 11.4 Å². The van der Waals surface area contributed by atoms with Crippen LogP contribution in [0.2, 0.25) is 5.02 Å². The topological polar surface area (TPSA) is 95.9 Å². The van der Waals surface area contributed by atoms with Gasteiger partial charge in [-0.05, 0) is 65.1 Å². The second-order valence-electron chi connectivity index (χ2n) is 6.88. The standard InChI is InChI=1S/C23H15ClF2IN5O/c24-12-6-13(27)8-15(7-12)30-19-2-1-3-20-16(19)4-5-21(31-20)22(32-28)11-29-14-9-17(25)23(33)18(26)10-14/h1-11,30,33H,28H2. The average molecular weight is 578 g/mol. The summed E-state index contributed by atoms with van der Waals surface area (Å²) in [6.07, 6.45) is 1.25. The van der Waals surface area contributed by atoms with Gasteiger partial charge in [-0.25, -0.2) is 13.8 Å². The van der Waals surface area contributed by atoms with Crippen molar-refractivity contribution in [1.82, 2.24) is 4.98 Å². The molecule has 0 bridgehead atoms. The van der Waals surface area contributed by atoms with Crippen LogP contribution in [0.15, 0.2) is 70.8 Å². The van der Waals surface area contributed by atoms with E-state index >= 15 is 0 Å². The van der Waals surface area contributed by atoms with Crippen molar-refractivity contribution >= 4 is 74.1 Å². The smallest absolute Gasteiger partial charge is 0.187 e. The molecule has 0 fully saturated rings. The molecular weight excluding hydrogens is 563 g/mol. The number of hydrogen-bond donors (Lipinski definition) is 3. The van der Waals surface area contributed by atoms with E-state index < -0.39 is 17.4 Å². The number of rotatable bonds is 5. The molecule has 6 nitrogen and oxygen atoms in total. The summed E-state index contributed by atoms with van der Waals surface area (Å²) in [5.41, 5.74) is 2.92. The molecule has 33 heavy (non-hydrogen) atoms. The highest BCUT2D eigenvalue weighted by Crippen LogP contribution is 2.29. The Bertz CT molecular complexity index is 1380. The summed E-state index contributed by atoms with van der Waals surface area (Å²) >= 11 is 8.35. The van der Waals surface area contributed by atoms with Crippen molar-refractivity contribution in [3.63, 3.8) is 0 Å². The number of nitrogens with two attached hydrogens (primary N) is 1. The van der Waals surface area contributed by atoms with Crippen LogP contribution in [0.25, 0.3) is 10.9 Å². The summed E-state index contributed by atoms with van der Waals surface area (Å²) in [4.78, 5) is 8.58. The number of nitrogens with zero attached hydrogens (tertiary/aromatic N) is 3. The Hall–Kier alpha value is -3.31. The summed E-state index contributed by atoms with van der Waals surface area (Å²) in [7, 11) is 0. The molecule has 0 amide bonds. The molecule has 0 saturated carbocycles. The lowest BCUT2D eigenvalue weighted by atomic mass is 10.1. The van der Waals surface area contributed by atoms with Crippen LogP contribution >= 0.6 is 34.2 Å². The maximum Gasteiger partial charge on any atom is 0.187 e. The minimum atomic E-state index is -1.12. The second kappa shape index (κ2) is 9.67. The van der Waals surface area contributed by atoms with Crippen LogP contribution in [-0.4, -0.2) is 22.0 Å². The van der Waals surface area contributed by atoms with Crippen molar-refractivity contribution in [2.24, 2.45) is 15.9 Å². The lowest BCUT2D eigenvalue weighted by Gasteiger charge is -2.11. The first-order valence-electron chi connectivity index (χ1n) is 9.47. The van der Waals surface area contributed by atoms with Crippen LogP contribution in [0.3, 0.4) is 0 Å². The van der Waals surface area contributed by atoms with E-state index in [2.05, 4.69) is 43.0 Å². The van der Waals surface area contributed by atoms with Gasteiger partial charge < -0.3 is 16.3 Å². The summed E-state index contributed by atoms with van der Waals surface area (Å²) in [6, 6.07) is 16.6. The number of benzene rings is 3. The highest BCUT2D eigenvalue weighted by molar-refractivity contribution is 14.1. The zero-order chi connectivity index (χ0) is 23.5. The molecule has 1 aromatic heterocycles. The van der Waals surface area contributed by atoms with Gasteiger partial charge in [0.15, 0.2) is 17.4 Å². The van der Waals surface area contributed by atoms with Gasteiger partial charge in [-0.2, -0.15) is 5.10 Å². The van der Waals surface area contributed by atoms with E-state index in [0.717, 1.165) is 32.5 Å². The lowest BCUT2D eigenvalue weighted by molar-refractivity contribution is 0.396. The van der Waals surface area contributed by atoms with Crippen molar-refractivity contribution in [3.8, 4) is 5.75 Å². The zero-order valence-electron chi connectivity index (χ0n) is 16.7. The fraction of sp³-hybridized carbons (Fsp3) is 0. The predicted molar refractivity (Wildman–Crippen MR) is 136 cm³/mol. The second-order valence-corrected chi connectivity index (χ2v) is 8.56. The summed E-state index contributed by atoms with van der Waals surface area (Å²) < 4.78 is 28.1. The Balaban J connectivity index is 1.64. The largest absolute Gasteiger partial charge is 0.503 e. The minimum Gasteiger partial charge on any atom is -0.503 e. The third-order valence-corrected chi connectivity index (χ3v) is 5.45. The number of hydrogen-bond acceptors (Lipinski definition) is 6. The molecule has 4 aromatic rings. The maximum atomic E-state index is 13.5. The number of anilines is 2. The molecule has 1 heterocycles. The van der Waals surface area contributed by atoms with Gasteiger partial charge in [0.2, 0.25) is 0 Å². The Kier molecular flexibility index (Phi) is 6.70. The number of aromatic nitrogens is 1. The van der Waals surface area contributed by atoms with Gasteiger partial charge in [-0.15, -0.1) is 0 Å². The molecule has 0 saturated heterocycles. The summed E-state index contributed by atoms with van der Waals surface area (Å²) in [5, 5.41) is 17.7. The van der Waals surface area contributed by atoms with Crippen molar-refractivity contribution in [2.75, 3.05) is 5.32 Å². The quantitative estimate of drug-likeness (QED) is 0.113. The molecule has 0 atom stereocenters. The molecule has 4 N–H and O–H groups in total. The van der Waals surface area contributed by atoms with Gasteiger partial charge in [0.25, 0.3) is 0 Å². The number of hydrazone groups is 1. The van der Waals surface area contributed by atoms with Gasteiger partial charge in [0, 0.05) is 37.5 Å². The van der Waals surface area contributed by atoms with E-state index in [1.54, 1.807) is 6.07 Å². The molecule has 0 aliphatic carbocycles. The number of phenolic OH excluding ortho intramolecular Hbond substituents is 1. The number of halogens is 4. The van der Waals surface area contributed by atoms with Gasteiger partial charge in [0.05, 0.1) is 23.1 Å². The first-order valence-corrected chi connectivity index (χ1v) is 10.9. The molecule has 3 aromatic carbocycles. The SMILES string of the molecule is NN=C(C=Nc1cc(F)c(O)c(F)c1)c1ccc2c(Nc3cc(Cl)cc(I)c3)cccc2n1. The zero-order valence-corrected chi connectivity index (χ0v) is 19.6. The molecule has 10 heteroatoms. The van der Waals surface area contributed by atoms with Crippen LogP contribution in [0.1, 0.15) is 5.69 Å². The average Bonchev–Trinajstić information content (AvgIpc) is 2.77.